The molecule has 0 aliphatic rings. The van der Waals surface area contributed by atoms with E-state index in [2.05, 4.69) is 0 Å². The van der Waals surface area contributed by atoms with Crippen LogP contribution in [0.15, 0.2) is 54.6 Å². The monoisotopic (exact) mass is 456 g/mol. The van der Waals surface area contributed by atoms with Gasteiger partial charge in [-0.05, 0) is 42.5 Å². The van der Waals surface area contributed by atoms with Crippen LogP contribution in [0.1, 0.15) is 16.7 Å². The fourth-order valence-electron chi connectivity index (χ4n) is 2.68. The van der Waals surface area contributed by atoms with Gasteiger partial charge in [-0.15, -0.1) is 0 Å². The van der Waals surface area contributed by atoms with Gasteiger partial charge in [-0.1, -0.05) is 35.3 Å². The van der Waals surface area contributed by atoms with E-state index in [1.165, 1.54) is 36.4 Å². The molecule has 0 unspecified atom stereocenters. The van der Waals surface area contributed by atoms with E-state index < -0.39 is 5.82 Å². The molecule has 0 heterocycles. The summed E-state index contributed by atoms with van der Waals surface area (Å²) in [7, 11) is 0. The lowest BCUT2D eigenvalue weighted by molar-refractivity contribution is 0.438. The van der Waals surface area contributed by atoms with E-state index in [-0.39, 0.29) is 50.9 Å². The summed E-state index contributed by atoms with van der Waals surface area (Å²) in [6, 6.07) is 15.5. The van der Waals surface area contributed by atoms with Crippen molar-refractivity contribution in [3.05, 3.63) is 87.2 Å². The number of nitrogens with one attached hydrogen (secondary N) is 2. The summed E-state index contributed by atoms with van der Waals surface area (Å²) in [5.41, 5.74) is 6.84. The van der Waals surface area contributed by atoms with Crippen LogP contribution in [0.3, 0.4) is 0 Å². The molecule has 0 amide bonds. The quantitative estimate of drug-likeness (QED) is 0.250. The summed E-state index contributed by atoms with van der Waals surface area (Å²) in [5, 5.41) is 25.3. The molecule has 6 nitrogen and oxygen atoms in total. The number of nitriles is 1. The molecule has 0 bridgehead atoms. The zero-order valence-electron chi connectivity index (χ0n) is 15.9. The fourth-order valence-corrected chi connectivity index (χ4v) is 3.09. The molecule has 0 atom stereocenters. The summed E-state index contributed by atoms with van der Waals surface area (Å²) in [4.78, 5) is 0. The second-order valence-electron chi connectivity index (χ2n) is 6.40. The first-order valence-corrected chi connectivity index (χ1v) is 9.57. The van der Waals surface area contributed by atoms with Gasteiger partial charge in [-0.3, -0.25) is 10.8 Å². The minimum absolute atomic E-state index is 0.000291. The summed E-state index contributed by atoms with van der Waals surface area (Å²) < 4.78 is 25.8. The standard InChI is InChI=1S/C22H15Cl2FN4O2/c23-15-6-12(11-26)7-17(10-15)30-21-18(24)5-4-13(20(21)25)9-19(28)31-22(29)14-2-1-3-16(27)8-14/h1-8,10,28-29H,9,27H2. The van der Waals surface area contributed by atoms with Crippen molar-refractivity contribution < 1.29 is 13.9 Å². The van der Waals surface area contributed by atoms with Crippen LogP contribution in [0, 0.1) is 28.0 Å². The molecule has 3 aromatic rings. The number of halogens is 3. The third kappa shape index (κ3) is 5.51. The molecular weight excluding hydrogens is 442 g/mol. The lowest BCUT2D eigenvalue weighted by Crippen LogP contribution is -2.15. The molecule has 0 aromatic heterocycles. The maximum atomic E-state index is 15.0. The van der Waals surface area contributed by atoms with Gasteiger partial charge >= 0.3 is 0 Å². The van der Waals surface area contributed by atoms with Gasteiger partial charge in [0.1, 0.15) is 5.75 Å². The average molecular weight is 457 g/mol. The van der Waals surface area contributed by atoms with Crippen molar-refractivity contribution in [3.8, 4) is 17.6 Å². The topological polar surface area (TPSA) is 116 Å². The number of anilines is 1. The second kappa shape index (κ2) is 9.47. The lowest BCUT2D eigenvalue weighted by Gasteiger charge is -2.13. The van der Waals surface area contributed by atoms with E-state index >= 15 is 4.39 Å². The Labute approximate surface area is 187 Å². The highest BCUT2D eigenvalue weighted by molar-refractivity contribution is 6.32. The minimum atomic E-state index is -0.796. The zero-order valence-corrected chi connectivity index (χ0v) is 17.4. The van der Waals surface area contributed by atoms with Crippen LogP contribution >= 0.6 is 23.2 Å². The highest BCUT2D eigenvalue weighted by atomic mass is 35.5. The molecule has 9 heteroatoms. The Morgan fingerprint density at radius 3 is 2.58 bits per heavy atom. The molecule has 3 rings (SSSR count). The maximum absolute atomic E-state index is 15.0. The number of nitrogens with zero attached hydrogens (tertiary/aromatic N) is 1. The smallest absolute Gasteiger partial charge is 0.220 e. The first kappa shape index (κ1) is 22.1. The van der Waals surface area contributed by atoms with Gasteiger partial charge in [0.05, 0.1) is 23.1 Å². The van der Waals surface area contributed by atoms with Crippen LogP contribution in [0.5, 0.6) is 11.5 Å². The largest absolute Gasteiger partial charge is 0.453 e. The van der Waals surface area contributed by atoms with Gasteiger partial charge in [0.15, 0.2) is 17.5 Å². The number of nitrogen functional groups attached to an aromatic ring is 1. The normalized spacial score (nSPS) is 10.3. The Morgan fingerprint density at radius 1 is 1.10 bits per heavy atom. The van der Waals surface area contributed by atoms with Crippen molar-refractivity contribution in [2.75, 3.05) is 5.73 Å². The number of benzene rings is 3. The number of ether oxygens (including phenoxy) is 2. The Bertz CT molecular complexity index is 1220. The molecule has 156 valence electrons. The molecular formula is C22H15Cl2FN4O2. The lowest BCUT2D eigenvalue weighted by atomic mass is 10.1. The molecule has 0 radical (unpaired) electrons. The molecule has 0 spiro atoms. The molecule has 0 aliphatic heterocycles. The summed E-state index contributed by atoms with van der Waals surface area (Å²) in [6.07, 6.45) is -0.247. The minimum Gasteiger partial charge on any atom is -0.453 e. The van der Waals surface area contributed by atoms with Crippen LogP contribution in [0.4, 0.5) is 10.1 Å². The van der Waals surface area contributed by atoms with Crippen molar-refractivity contribution in [1.29, 1.82) is 16.1 Å². The Kier molecular flexibility index (Phi) is 6.75. The third-order valence-electron chi connectivity index (χ3n) is 4.07. The van der Waals surface area contributed by atoms with Crippen LogP contribution < -0.4 is 10.5 Å². The van der Waals surface area contributed by atoms with Gasteiger partial charge in [-0.25, -0.2) is 4.39 Å². The molecule has 0 saturated heterocycles. The van der Waals surface area contributed by atoms with Gasteiger partial charge in [0, 0.05) is 21.8 Å². The van der Waals surface area contributed by atoms with Gasteiger partial charge in [0.25, 0.3) is 0 Å². The zero-order chi connectivity index (χ0) is 22.5. The SMILES string of the molecule is N#Cc1cc(Cl)cc(Oc2c(Cl)ccc(CC(=N)OC(=N)c3cccc(N)c3)c2F)c1. The molecule has 31 heavy (non-hydrogen) atoms. The molecule has 3 aromatic carbocycles. The predicted octanol–water partition coefficient (Wildman–Crippen LogP) is 5.94. The van der Waals surface area contributed by atoms with Crippen LogP contribution in [0.25, 0.3) is 0 Å². The van der Waals surface area contributed by atoms with E-state index in [0.29, 0.717) is 11.3 Å². The second-order valence-corrected chi connectivity index (χ2v) is 7.24. The van der Waals surface area contributed by atoms with Crippen molar-refractivity contribution in [2.24, 2.45) is 0 Å². The van der Waals surface area contributed by atoms with Crippen LogP contribution in [-0.4, -0.2) is 11.8 Å². The predicted molar refractivity (Wildman–Crippen MR) is 118 cm³/mol. The van der Waals surface area contributed by atoms with E-state index in [4.69, 9.17) is 54.5 Å². The molecule has 0 fully saturated rings. The van der Waals surface area contributed by atoms with Gasteiger partial charge in [0.2, 0.25) is 5.90 Å². The number of nitrogens with two attached hydrogens (primary N) is 1. The first-order valence-electron chi connectivity index (χ1n) is 8.82. The number of hydrogen-bond acceptors (Lipinski definition) is 6. The van der Waals surface area contributed by atoms with E-state index in [0.717, 1.165) is 0 Å². The van der Waals surface area contributed by atoms with Crippen molar-refractivity contribution in [2.45, 2.75) is 6.42 Å². The van der Waals surface area contributed by atoms with E-state index in [1.807, 2.05) is 6.07 Å². The Morgan fingerprint density at radius 2 is 1.87 bits per heavy atom. The average Bonchev–Trinajstić information content (AvgIpc) is 2.72. The van der Waals surface area contributed by atoms with Crippen molar-refractivity contribution in [1.82, 2.24) is 0 Å². The Balaban J connectivity index is 1.79. The maximum Gasteiger partial charge on any atom is 0.220 e. The van der Waals surface area contributed by atoms with Gasteiger partial charge in [-0.2, -0.15) is 5.26 Å². The highest BCUT2D eigenvalue weighted by Gasteiger charge is 2.18. The highest BCUT2D eigenvalue weighted by Crippen LogP contribution is 2.35. The molecule has 4 N–H and O–H groups in total. The summed E-state index contributed by atoms with van der Waals surface area (Å²) >= 11 is 12.0. The number of hydrogen-bond donors (Lipinski definition) is 3. The summed E-state index contributed by atoms with van der Waals surface area (Å²) in [6.45, 7) is 0. The summed E-state index contributed by atoms with van der Waals surface area (Å²) in [5.74, 6) is -1.57. The fraction of sp³-hybridized carbons (Fsp3) is 0.0455. The van der Waals surface area contributed by atoms with E-state index in [9.17, 15) is 0 Å². The first-order chi connectivity index (χ1) is 14.8. The number of rotatable bonds is 5. The molecule has 0 saturated carbocycles. The van der Waals surface area contributed by atoms with Crippen LogP contribution in [0.2, 0.25) is 10.0 Å². The van der Waals surface area contributed by atoms with Crippen molar-refractivity contribution in [3.63, 3.8) is 0 Å². The van der Waals surface area contributed by atoms with E-state index in [1.54, 1.807) is 18.2 Å². The van der Waals surface area contributed by atoms with Crippen LogP contribution in [-0.2, 0) is 11.2 Å². The molecule has 0 aliphatic carbocycles. The van der Waals surface area contributed by atoms with Gasteiger partial charge < -0.3 is 15.2 Å². The van der Waals surface area contributed by atoms with Crippen molar-refractivity contribution >= 4 is 40.7 Å². The third-order valence-corrected chi connectivity index (χ3v) is 4.59. The Hall–Kier alpha value is -3.60.